The molecule has 0 bridgehead atoms. The summed E-state index contributed by atoms with van der Waals surface area (Å²) < 4.78 is 5.56. The summed E-state index contributed by atoms with van der Waals surface area (Å²) in [6.07, 6.45) is 2.08. The minimum Gasteiger partial charge on any atom is -0.447 e. The lowest BCUT2D eigenvalue weighted by atomic mass is 10.1. The SMILES string of the molecule is O=C(CCNC(=O)c1ccccc1)O[C@H](C(=O)N1CCCCC1)c1ccccc1. The van der Waals surface area contributed by atoms with E-state index in [0.717, 1.165) is 19.3 Å². The predicted molar refractivity (Wildman–Crippen MR) is 109 cm³/mol. The van der Waals surface area contributed by atoms with Gasteiger partial charge in [-0.2, -0.15) is 0 Å². The second-order valence-electron chi connectivity index (χ2n) is 7.04. The third-order valence-corrected chi connectivity index (χ3v) is 4.89. The zero-order valence-corrected chi connectivity index (χ0v) is 16.4. The van der Waals surface area contributed by atoms with E-state index in [1.165, 1.54) is 0 Å². The maximum absolute atomic E-state index is 13.0. The van der Waals surface area contributed by atoms with E-state index in [1.807, 2.05) is 24.3 Å². The predicted octanol–water partition coefficient (Wildman–Crippen LogP) is 3.10. The zero-order chi connectivity index (χ0) is 20.5. The molecule has 29 heavy (non-hydrogen) atoms. The molecule has 0 spiro atoms. The van der Waals surface area contributed by atoms with Gasteiger partial charge in [0.2, 0.25) is 6.10 Å². The molecule has 1 saturated heterocycles. The van der Waals surface area contributed by atoms with Crippen LogP contribution in [-0.4, -0.2) is 42.3 Å². The lowest BCUT2D eigenvalue weighted by molar-refractivity contribution is -0.161. The van der Waals surface area contributed by atoms with E-state index in [1.54, 1.807) is 41.3 Å². The van der Waals surface area contributed by atoms with Crippen molar-refractivity contribution in [3.05, 3.63) is 71.8 Å². The average Bonchev–Trinajstić information content (AvgIpc) is 2.78. The molecule has 1 heterocycles. The maximum Gasteiger partial charge on any atom is 0.308 e. The van der Waals surface area contributed by atoms with Crippen molar-refractivity contribution in [3.63, 3.8) is 0 Å². The van der Waals surface area contributed by atoms with Gasteiger partial charge in [-0.15, -0.1) is 0 Å². The van der Waals surface area contributed by atoms with Crippen molar-refractivity contribution in [3.8, 4) is 0 Å². The van der Waals surface area contributed by atoms with Crippen LogP contribution in [0.4, 0.5) is 0 Å². The van der Waals surface area contributed by atoms with Gasteiger partial charge < -0.3 is 15.0 Å². The summed E-state index contributed by atoms with van der Waals surface area (Å²) in [5.74, 6) is -0.947. The number of likely N-dealkylation sites (tertiary alicyclic amines) is 1. The number of amides is 2. The van der Waals surface area contributed by atoms with Crippen molar-refractivity contribution in [2.45, 2.75) is 31.8 Å². The number of carbonyl (C=O) groups is 3. The molecule has 0 saturated carbocycles. The summed E-state index contributed by atoms with van der Waals surface area (Å²) in [6.45, 7) is 1.52. The number of nitrogens with zero attached hydrogens (tertiary/aromatic N) is 1. The van der Waals surface area contributed by atoms with Crippen molar-refractivity contribution in [2.24, 2.45) is 0 Å². The molecule has 2 aromatic rings. The van der Waals surface area contributed by atoms with Crippen LogP contribution in [0.1, 0.15) is 47.7 Å². The van der Waals surface area contributed by atoms with Crippen molar-refractivity contribution in [2.75, 3.05) is 19.6 Å². The molecule has 2 amide bonds. The van der Waals surface area contributed by atoms with Crippen LogP contribution in [0.2, 0.25) is 0 Å². The van der Waals surface area contributed by atoms with Gasteiger partial charge in [0.25, 0.3) is 11.8 Å². The lowest BCUT2D eigenvalue weighted by Crippen LogP contribution is -2.40. The monoisotopic (exact) mass is 394 g/mol. The van der Waals surface area contributed by atoms with Gasteiger partial charge in [0.1, 0.15) is 0 Å². The molecule has 0 aliphatic carbocycles. The molecule has 152 valence electrons. The standard InChI is InChI=1S/C23H26N2O4/c26-20(14-15-24-22(27)19-12-6-2-7-13-19)29-21(18-10-4-1-5-11-18)23(28)25-16-8-3-9-17-25/h1-2,4-7,10-13,21H,3,8-9,14-17H2,(H,24,27)/t21-/m0/s1. The first-order valence-electron chi connectivity index (χ1n) is 10.0. The fourth-order valence-electron chi connectivity index (χ4n) is 3.33. The van der Waals surface area contributed by atoms with Crippen LogP contribution in [0, 0.1) is 0 Å². The Morgan fingerprint density at radius 1 is 0.897 bits per heavy atom. The number of piperidine rings is 1. The van der Waals surface area contributed by atoms with E-state index in [9.17, 15) is 14.4 Å². The third kappa shape index (κ3) is 5.91. The molecule has 0 radical (unpaired) electrons. The topological polar surface area (TPSA) is 75.7 Å². The van der Waals surface area contributed by atoms with Crippen molar-refractivity contribution < 1.29 is 19.1 Å². The number of rotatable bonds is 7. The number of nitrogens with one attached hydrogen (secondary N) is 1. The number of hydrogen-bond acceptors (Lipinski definition) is 4. The molecule has 3 rings (SSSR count). The van der Waals surface area contributed by atoms with Crippen LogP contribution in [0.5, 0.6) is 0 Å². The van der Waals surface area contributed by atoms with Crippen LogP contribution in [0.3, 0.4) is 0 Å². The first-order chi connectivity index (χ1) is 14.1. The Labute approximate surface area is 170 Å². The molecule has 1 N–H and O–H groups in total. The Morgan fingerprint density at radius 2 is 1.52 bits per heavy atom. The van der Waals surface area contributed by atoms with E-state index in [4.69, 9.17) is 4.74 Å². The molecule has 6 nitrogen and oxygen atoms in total. The molecular formula is C23H26N2O4. The van der Waals surface area contributed by atoms with Gasteiger partial charge >= 0.3 is 5.97 Å². The van der Waals surface area contributed by atoms with Gasteiger partial charge in [-0.1, -0.05) is 48.5 Å². The maximum atomic E-state index is 13.0. The first-order valence-corrected chi connectivity index (χ1v) is 10.0. The molecule has 1 aliphatic rings. The van der Waals surface area contributed by atoms with E-state index < -0.39 is 12.1 Å². The Hall–Kier alpha value is -3.15. The number of carbonyl (C=O) groups excluding carboxylic acids is 3. The number of esters is 1. The van der Waals surface area contributed by atoms with E-state index in [-0.39, 0.29) is 24.8 Å². The molecule has 2 aromatic carbocycles. The number of ether oxygens (including phenoxy) is 1. The molecule has 1 atom stereocenters. The normalized spacial score (nSPS) is 14.7. The Bertz CT molecular complexity index is 817. The lowest BCUT2D eigenvalue weighted by Gasteiger charge is -2.30. The van der Waals surface area contributed by atoms with E-state index >= 15 is 0 Å². The van der Waals surface area contributed by atoms with Gasteiger partial charge in [0.05, 0.1) is 6.42 Å². The van der Waals surface area contributed by atoms with Crippen molar-refractivity contribution in [1.82, 2.24) is 10.2 Å². The summed E-state index contributed by atoms with van der Waals surface area (Å²) in [4.78, 5) is 39.2. The fourth-order valence-corrected chi connectivity index (χ4v) is 3.33. The molecule has 0 aromatic heterocycles. The van der Waals surface area contributed by atoms with Gasteiger partial charge in [-0.25, -0.2) is 0 Å². The fraction of sp³-hybridized carbons (Fsp3) is 0.348. The molecule has 6 heteroatoms. The van der Waals surface area contributed by atoms with E-state index in [0.29, 0.717) is 24.2 Å². The highest BCUT2D eigenvalue weighted by molar-refractivity contribution is 5.94. The summed E-state index contributed by atoms with van der Waals surface area (Å²) in [5, 5.41) is 2.70. The third-order valence-electron chi connectivity index (χ3n) is 4.89. The minimum absolute atomic E-state index is 0.00477. The Kier molecular flexibility index (Phi) is 7.39. The summed E-state index contributed by atoms with van der Waals surface area (Å²) in [7, 11) is 0. The second-order valence-corrected chi connectivity index (χ2v) is 7.04. The second kappa shape index (κ2) is 10.4. The van der Waals surface area contributed by atoms with Gasteiger partial charge in [0, 0.05) is 30.8 Å². The molecular weight excluding hydrogens is 368 g/mol. The highest BCUT2D eigenvalue weighted by Gasteiger charge is 2.30. The highest BCUT2D eigenvalue weighted by atomic mass is 16.5. The Morgan fingerprint density at radius 3 is 2.17 bits per heavy atom. The van der Waals surface area contributed by atoms with Crippen molar-refractivity contribution in [1.29, 1.82) is 0 Å². The highest BCUT2D eigenvalue weighted by Crippen LogP contribution is 2.23. The van der Waals surface area contributed by atoms with Crippen LogP contribution in [0.25, 0.3) is 0 Å². The molecule has 1 fully saturated rings. The van der Waals surface area contributed by atoms with Gasteiger partial charge in [0.15, 0.2) is 0 Å². The van der Waals surface area contributed by atoms with E-state index in [2.05, 4.69) is 5.32 Å². The van der Waals surface area contributed by atoms with Crippen LogP contribution in [0.15, 0.2) is 60.7 Å². The van der Waals surface area contributed by atoms with Crippen LogP contribution >= 0.6 is 0 Å². The summed E-state index contributed by atoms with van der Waals surface area (Å²) >= 11 is 0. The molecule has 1 aliphatic heterocycles. The quantitative estimate of drug-likeness (QED) is 0.732. The van der Waals surface area contributed by atoms with Crippen LogP contribution < -0.4 is 5.32 Å². The van der Waals surface area contributed by atoms with Gasteiger partial charge in [-0.05, 0) is 31.4 Å². The number of hydrogen-bond donors (Lipinski definition) is 1. The Balaban J connectivity index is 1.57. The zero-order valence-electron chi connectivity index (χ0n) is 16.4. The van der Waals surface area contributed by atoms with Crippen LogP contribution in [-0.2, 0) is 14.3 Å². The summed E-state index contributed by atoms with van der Waals surface area (Å²) in [5.41, 5.74) is 1.19. The smallest absolute Gasteiger partial charge is 0.308 e. The molecule has 0 unspecified atom stereocenters. The average molecular weight is 394 g/mol. The summed E-state index contributed by atoms with van der Waals surface area (Å²) in [6, 6.07) is 17.9. The van der Waals surface area contributed by atoms with Gasteiger partial charge in [-0.3, -0.25) is 14.4 Å². The first kappa shape index (κ1) is 20.6. The van der Waals surface area contributed by atoms with Crippen molar-refractivity contribution >= 4 is 17.8 Å². The number of benzene rings is 2. The minimum atomic E-state index is -0.952. The largest absolute Gasteiger partial charge is 0.447 e.